The molecule has 1 aliphatic rings. The summed E-state index contributed by atoms with van der Waals surface area (Å²) in [4.78, 5) is 11.4. The molecule has 0 radical (unpaired) electrons. The summed E-state index contributed by atoms with van der Waals surface area (Å²) in [7, 11) is 0. The zero-order valence-electron chi connectivity index (χ0n) is 9.57. The van der Waals surface area contributed by atoms with Crippen molar-refractivity contribution in [1.82, 2.24) is 0 Å². The fourth-order valence-electron chi connectivity index (χ4n) is 1.58. The fraction of sp³-hybridized carbons (Fsp3) is 0.308. The molecule has 2 rings (SSSR count). The maximum Gasteiger partial charge on any atom is 0.342 e. The minimum absolute atomic E-state index is 0.00449. The van der Waals surface area contributed by atoms with Gasteiger partial charge in [-0.15, -0.1) is 0 Å². The average Bonchev–Trinajstić information content (AvgIpc) is 2.35. The van der Waals surface area contributed by atoms with Crippen LogP contribution in [0.5, 0.6) is 5.75 Å². The van der Waals surface area contributed by atoms with Gasteiger partial charge in [-0.1, -0.05) is 32.1 Å². The predicted octanol–water partition coefficient (Wildman–Crippen LogP) is 2.72. The third-order valence-electron chi connectivity index (χ3n) is 2.73. The normalized spacial score (nSPS) is 16.9. The van der Waals surface area contributed by atoms with Crippen LogP contribution in [0.2, 0.25) is 0 Å². The van der Waals surface area contributed by atoms with Gasteiger partial charge < -0.3 is 9.52 Å². The van der Waals surface area contributed by atoms with E-state index < -0.39 is 5.63 Å². The summed E-state index contributed by atoms with van der Waals surface area (Å²) >= 11 is 0. The number of hydrogen-bond donors (Lipinski definition) is 1. The van der Waals surface area contributed by atoms with Crippen LogP contribution in [0.15, 0.2) is 21.4 Å². The quantitative estimate of drug-likeness (QED) is 0.728. The van der Waals surface area contributed by atoms with Crippen LogP contribution >= 0.6 is 0 Å². The van der Waals surface area contributed by atoms with Gasteiger partial charge >= 0.3 is 5.63 Å². The lowest BCUT2D eigenvalue weighted by Crippen LogP contribution is -2.05. The van der Waals surface area contributed by atoms with Crippen molar-refractivity contribution in [3.63, 3.8) is 0 Å². The van der Waals surface area contributed by atoms with Crippen LogP contribution in [0.4, 0.5) is 0 Å². The molecule has 0 bridgehead atoms. The molecule has 1 aromatic heterocycles. The summed E-state index contributed by atoms with van der Waals surface area (Å²) in [5.74, 6) is 0.416. The number of aromatic hydroxyl groups is 1. The molecule has 0 saturated carbocycles. The third-order valence-corrected chi connectivity index (χ3v) is 2.73. The molecule has 1 aliphatic carbocycles. The molecule has 1 N–H and O–H groups in total. The summed E-state index contributed by atoms with van der Waals surface area (Å²) in [6, 6.07) is 0. The smallest absolute Gasteiger partial charge is 0.342 e. The molecule has 0 spiro atoms. The Morgan fingerprint density at radius 1 is 1.25 bits per heavy atom. The maximum absolute atomic E-state index is 11.4. The third kappa shape index (κ3) is 1.69. The molecular weight excluding hydrogens is 204 g/mol. The van der Waals surface area contributed by atoms with Crippen molar-refractivity contribution in [1.29, 1.82) is 0 Å². The van der Waals surface area contributed by atoms with Crippen LogP contribution in [0.1, 0.15) is 30.7 Å². The van der Waals surface area contributed by atoms with Gasteiger partial charge in [0.15, 0.2) is 0 Å². The Morgan fingerprint density at radius 3 is 2.56 bits per heavy atom. The van der Waals surface area contributed by atoms with E-state index in [1.165, 1.54) is 0 Å². The lowest BCUT2D eigenvalue weighted by molar-refractivity contribution is 0.434. The summed E-state index contributed by atoms with van der Waals surface area (Å²) < 4.78 is 5.13. The standard InChI is InChI=1S/C13H14O3/c1-8-11(14)9-4-6-13(2,3)7-5-10(9)16-12(8)15/h4-7,14H,1-3H3. The fourth-order valence-corrected chi connectivity index (χ4v) is 1.58. The molecule has 0 amide bonds. The SMILES string of the molecule is Cc1c(O)c2c(oc1=O)C=CC(C)(C)C=C2. The first-order valence-electron chi connectivity index (χ1n) is 5.16. The van der Waals surface area contributed by atoms with Crippen molar-refractivity contribution in [2.24, 2.45) is 5.41 Å². The van der Waals surface area contributed by atoms with E-state index in [0.29, 0.717) is 11.3 Å². The van der Waals surface area contributed by atoms with Crippen molar-refractivity contribution in [2.75, 3.05) is 0 Å². The van der Waals surface area contributed by atoms with Gasteiger partial charge in [-0.25, -0.2) is 4.79 Å². The molecule has 0 fully saturated rings. The zero-order chi connectivity index (χ0) is 11.9. The highest BCUT2D eigenvalue weighted by molar-refractivity contribution is 5.70. The first-order chi connectivity index (χ1) is 7.41. The van der Waals surface area contributed by atoms with E-state index in [2.05, 4.69) is 0 Å². The monoisotopic (exact) mass is 218 g/mol. The molecular formula is C13H14O3. The average molecular weight is 218 g/mol. The van der Waals surface area contributed by atoms with Gasteiger partial charge in [0.2, 0.25) is 0 Å². The highest BCUT2D eigenvalue weighted by Gasteiger charge is 2.18. The Labute approximate surface area is 93.7 Å². The minimum atomic E-state index is -0.492. The summed E-state index contributed by atoms with van der Waals surface area (Å²) in [6.45, 7) is 5.62. The summed E-state index contributed by atoms with van der Waals surface area (Å²) in [5.41, 5.74) is 0.210. The van der Waals surface area contributed by atoms with Crippen molar-refractivity contribution < 1.29 is 9.52 Å². The number of fused-ring (bicyclic) bond motifs is 1. The molecule has 3 heteroatoms. The molecule has 0 aliphatic heterocycles. The first kappa shape index (κ1) is 10.7. The Kier molecular flexibility index (Phi) is 2.26. The second-order valence-corrected chi connectivity index (χ2v) is 4.63. The van der Waals surface area contributed by atoms with Gasteiger partial charge in [-0.3, -0.25) is 0 Å². The molecule has 0 aromatic carbocycles. The topological polar surface area (TPSA) is 50.4 Å². The number of rotatable bonds is 0. The van der Waals surface area contributed by atoms with E-state index in [4.69, 9.17) is 4.42 Å². The molecule has 16 heavy (non-hydrogen) atoms. The summed E-state index contributed by atoms with van der Waals surface area (Å²) in [6.07, 6.45) is 7.43. The Balaban J connectivity index is 2.74. The van der Waals surface area contributed by atoms with Gasteiger partial charge in [-0.05, 0) is 13.0 Å². The molecule has 1 aromatic rings. The highest BCUT2D eigenvalue weighted by Crippen LogP contribution is 2.32. The van der Waals surface area contributed by atoms with Crippen molar-refractivity contribution in [3.8, 4) is 5.75 Å². The Bertz CT molecular complexity index is 545. The molecule has 1 heterocycles. The number of allylic oxidation sites excluding steroid dienone is 2. The van der Waals surface area contributed by atoms with Crippen LogP contribution in [0, 0.1) is 12.3 Å². The molecule has 0 unspecified atom stereocenters. The maximum atomic E-state index is 11.4. The van der Waals surface area contributed by atoms with Gasteiger partial charge in [-0.2, -0.15) is 0 Å². The summed E-state index contributed by atoms with van der Waals surface area (Å²) in [5, 5.41) is 9.87. The van der Waals surface area contributed by atoms with E-state index in [9.17, 15) is 9.90 Å². The van der Waals surface area contributed by atoms with Gasteiger partial charge in [0.25, 0.3) is 0 Å². The molecule has 0 saturated heterocycles. The second-order valence-electron chi connectivity index (χ2n) is 4.63. The predicted molar refractivity (Wildman–Crippen MR) is 63.2 cm³/mol. The molecule has 0 atom stereocenters. The van der Waals surface area contributed by atoms with E-state index in [1.807, 2.05) is 26.0 Å². The minimum Gasteiger partial charge on any atom is -0.507 e. The van der Waals surface area contributed by atoms with Gasteiger partial charge in [0, 0.05) is 5.41 Å². The van der Waals surface area contributed by atoms with E-state index in [0.717, 1.165) is 0 Å². The Hall–Kier alpha value is -1.77. The first-order valence-corrected chi connectivity index (χ1v) is 5.16. The molecule has 84 valence electrons. The van der Waals surface area contributed by atoms with E-state index in [1.54, 1.807) is 19.1 Å². The Morgan fingerprint density at radius 2 is 1.88 bits per heavy atom. The van der Waals surface area contributed by atoms with Crippen LogP contribution in [-0.2, 0) is 0 Å². The second kappa shape index (κ2) is 3.37. The molecule has 3 nitrogen and oxygen atoms in total. The van der Waals surface area contributed by atoms with Crippen molar-refractivity contribution in [3.05, 3.63) is 39.5 Å². The van der Waals surface area contributed by atoms with Crippen LogP contribution < -0.4 is 5.63 Å². The van der Waals surface area contributed by atoms with E-state index >= 15 is 0 Å². The highest BCUT2D eigenvalue weighted by atomic mass is 16.4. The lowest BCUT2D eigenvalue weighted by atomic mass is 9.93. The van der Waals surface area contributed by atoms with Gasteiger partial charge in [0.05, 0.1) is 11.1 Å². The van der Waals surface area contributed by atoms with Crippen LogP contribution in [-0.4, -0.2) is 5.11 Å². The van der Waals surface area contributed by atoms with Crippen molar-refractivity contribution >= 4 is 12.2 Å². The van der Waals surface area contributed by atoms with Gasteiger partial charge in [0.1, 0.15) is 11.5 Å². The number of hydrogen-bond acceptors (Lipinski definition) is 3. The van der Waals surface area contributed by atoms with Crippen molar-refractivity contribution in [2.45, 2.75) is 20.8 Å². The lowest BCUT2D eigenvalue weighted by Gasteiger charge is -2.11. The zero-order valence-corrected chi connectivity index (χ0v) is 9.57. The van der Waals surface area contributed by atoms with E-state index in [-0.39, 0.29) is 16.7 Å². The van der Waals surface area contributed by atoms with Crippen LogP contribution in [0.25, 0.3) is 12.2 Å². The largest absolute Gasteiger partial charge is 0.507 e. The van der Waals surface area contributed by atoms with Crippen LogP contribution in [0.3, 0.4) is 0 Å².